The SMILES string of the molecule is Cc1nn(-c2cc(F)c(F)c(F)c2)c(N)c1C#N. The number of nitrogen functional groups attached to an aromatic ring is 1. The van der Waals surface area contributed by atoms with E-state index in [0.717, 1.165) is 16.8 Å². The molecule has 1 aromatic carbocycles. The van der Waals surface area contributed by atoms with Gasteiger partial charge in [-0.2, -0.15) is 10.4 Å². The van der Waals surface area contributed by atoms with Crippen LogP contribution in [-0.2, 0) is 0 Å². The number of nitrogens with two attached hydrogens (primary N) is 1. The van der Waals surface area contributed by atoms with Crippen LogP contribution in [0.4, 0.5) is 19.0 Å². The molecule has 1 heterocycles. The van der Waals surface area contributed by atoms with Crippen LogP contribution < -0.4 is 5.73 Å². The molecule has 0 atom stereocenters. The number of hydrogen-bond donors (Lipinski definition) is 1. The molecule has 0 spiro atoms. The van der Waals surface area contributed by atoms with Crippen molar-refractivity contribution in [3.05, 3.63) is 40.8 Å². The molecule has 4 nitrogen and oxygen atoms in total. The lowest BCUT2D eigenvalue weighted by molar-refractivity contribution is 0.446. The highest BCUT2D eigenvalue weighted by Crippen LogP contribution is 2.22. The lowest BCUT2D eigenvalue weighted by atomic mass is 10.2. The monoisotopic (exact) mass is 252 g/mol. The molecule has 0 fully saturated rings. The summed E-state index contributed by atoms with van der Waals surface area (Å²) in [5, 5.41) is 12.7. The van der Waals surface area contributed by atoms with Gasteiger partial charge >= 0.3 is 0 Å². The maximum Gasteiger partial charge on any atom is 0.194 e. The molecule has 18 heavy (non-hydrogen) atoms. The van der Waals surface area contributed by atoms with E-state index in [1.54, 1.807) is 0 Å². The van der Waals surface area contributed by atoms with Crippen molar-refractivity contribution in [2.75, 3.05) is 5.73 Å². The van der Waals surface area contributed by atoms with E-state index >= 15 is 0 Å². The molecule has 7 heteroatoms. The van der Waals surface area contributed by atoms with Gasteiger partial charge in [-0.05, 0) is 6.92 Å². The molecule has 92 valence electrons. The summed E-state index contributed by atoms with van der Waals surface area (Å²) in [6.45, 7) is 1.53. The van der Waals surface area contributed by atoms with Gasteiger partial charge in [0.25, 0.3) is 0 Å². The molecule has 0 aliphatic rings. The molecule has 0 amide bonds. The molecule has 0 aliphatic heterocycles. The van der Waals surface area contributed by atoms with Crippen LogP contribution in [0.3, 0.4) is 0 Å². The summed E-state index contributed by atoms with van der Waals surface area (Å²) in [4.78, 5) is 0. The fraction of sp³-hybridized carbons (Fsp3) is 0.0909. The molecule has 0 bridgehead atoms. The van der Waals surface area contributed by atoms with E-state index in [-0.39, 0.29) is 17.1 Å². The molecule has 2 N–H and O–H groups in total. The summed E-state index contributed by atoms with van der Waals surface area (Å²) in [5.41, 5.74) is 5.97. The minimum Gasteiger partial charge on any atom is -0.382 e. The number of rotatable bonds is 1. The highest BCUT2D eigenvalue weighted by molar-refractivity contribution is 5.55. The lowest BCUT2D eigenvalue weighted by Gasteiger charge is -2.05. The first-order valence-corrected chi connectivity index (χ1v) is 4.85. The van der Waals surface area contributed by atoms with Crippen molar-refractivity contribution in [2.24, 2.45) is 0 Å². The van der Waals surface area contributed by atoms with Crippen LogP contribution in [0, 0.1) is 35.7 Å². The van der Waals surface area contributed by atoms with E-state index in [1.165, 1.54) is 6.92 Å². The number of aryl methyl sites for hydroxylation is 1. The lowest BCUT2D eigenvalue weighted by Crippen LogP contribution is -2.05. The van der Waals surface area contributed by atoms with Crippen LogP contribution in [0.5, 0.6) is 0 Å². The quantitative estimate of drug-likeness (QED) is 0.790. The largest absolute Gasteiger partial charge is 0.382 e. The van der Waals surface area contributed by atoms with Crippen LogP contribution in [0.2, 0.25) is 0 Å². The number of benzene rings is 1. The molecule has 0 saturated carbocycles. The Morgan fingerprint density at radius 2 is 1.83 bits per heavy atom. The first-order valence-electron chi connectivity index (χ1n) is 4.85. The smallest absolute Gasteiger partial charge is 0.194 e. The average Bonchev–Trinajstić information content (AvgIpc) is 2.60. The Morgan fingerprint density at radius 3 is 2.28 bits per heavy atom. The van der Waals surface area contributed by atoms with Crippen LogP contribution in [0.25, 0.3) is 5.69 Å². The molecular weight excluding hydrogens is 245 g/mol. The summed E-state index contributed by atoms with van der Waals surface area (Å²) in [5.74, 6) is -4.32. The number of nitrogens with zero attached hydrogens (tertiary/aromatic N) is 3. The predicted molar refractivity (Wildman–Crippen MR) is 57.3 cm³/mol. The summed E-state index contributed by atoms with van der Waals surface area (Å²) >= 11 is 0. The molecular formula is C11H7F3N4. The predicted octanol–water partition coefficient (Wildman–Crippen LogP) is 2.05. The number of hydrogen-bond acceptors (Lipinski definition) is 3. The van der Waals surface area contributed by atoms with E-state index in [4.69, 9.17) is 11.0 Å². The van der Waals surface area contributed by atoms with E-state index in [2.05, 4.69) is 5.10 Å². The van der Waals surface area contributed by atoms with Gasteiger partial charge in [-0.15, -0.1) is 0 Å². The van der Waals surface area contributed by atoms with Gasteiger partial charge in [0.15, 0.2) is 17.5 Å². The zero-order chi connectivity index (χ0) is 13.4. The van der Waals surface area contributed by atoms with Gasteiger partial charge in [0.05, 0.1) is 11.4 Å². The van der Waals surface area contributed by atoms with E-state index in [0.29, 0.717) is 5.69 Å². The number of aromatic nitrogens is 2. The van der Waals surface area contributed by atoms with E-state index in [1.807, 2.05) is 6.07 Å². The van der Waals surface area contributed by atoms with Crippen LogP contribution in [0.1, 0.15) is 11.3 Å². The molecule has 0 aliphatic carbocycles. The van der Waals surface area contributed by atoms with Gasteiger partial charge in [-0.3, -0.25) is 0 Å². The third-order valence-electron chi connectivity index (χ3n) is 2.42. The summed E-state index contributed by atoms with van der Waals surface area (Å²) in [7, 11) is 0. The van der Waals surface area contributed by atoms with Crippen molar-refractivity contribution in [1.82, 2.24) is 9.78 Å². The average molecular weight is 252 g/mol. The topological polar surface area (TPSA) is 67.6 Å². The fourth-order valence-electron chi connectivity index (χ4n) is 1.54. The second-order valence-electron chi connectivity index (χ2n) is 3.59. The first-order chi connectivity index (χ1) is 8.45. The Morgan fingerprint density at radius 1 is 1.28 bits per heavy atom. The highest BCUT2D eigenvalue weighted by Gasteiger charge is 2.17. The maximum atomic E-state index is 13.1. The fourth-order valence-corrected chi connectivity index (χ4v) is 1.54. The summed E-state index contributed by atoms with van der Waals surface area (Å²) in [6.07, 6.45) is 0. The van der Waals surface area contributed by atoms with E-state index in [9.17, 15) is 13.2 Å². The second-order valence-corrected chi connectivity index (χ2v) is 3.59. The first kappa shape index (κ1) is 12.0. The van der Waals surface area contributed by atoms with Crippen molar-refractivity contribution in [3.8, 4) is 11.8 Å². The molecule has 1 aromatic heterocycles. The molecule has 0 unspecified atom stereocenters. The Balaban J connectivity index is 2.67. The van der Waals surface area contributed by atoms with Crippen molar-refractivity contribution in [3.63, 3.8) is 0 Å². The summed E-state index contributed by atoms with van der Waals surface area (Å²) in [6, 6.07) is 3.33. The zero-order valence-electron chi connectivity index (χ0n) is 9.21. The Bertz CT molecular complexity index is 647. The molecule has 2 rings (SSSR count). The van der Waals surface area contributed by atoms with Gasteiger partial charge in [0, 0.05) is 12.1 Å². The van der Waals surface area contributed by atoms with Crippen molar-refractivity contribution >= 4 is 5.82 Å². The van der Waals surface area contributed by atoms with E-state index < -0.39 is 17.5 Å². The van der Waals surface area contributed by atoms with Gasteiger partial charge in [-0.1, -0.05) is 0 Å². The Hall–Kier alpha value is -2.49. The van der Waals surface area contributed by atoms with Gasteiger partial charge in [0.2, 0.25) is 0 Å². The molecule has 0 radical (unpaired) electrons. The minimum atomic E-state index is -1.57. The maximum absolute atomic E-state index is 13.1. The van der Waals surface area contributed by atoms with Gasteiger partial charge in [0.1, 0.15) is 17.5 Å². The number of nitriles is 1. The summed E-state index contributed by atoms with van der Waals surface area (Å²) < 4.78 is 40.0. The van der Waals surface area contributed by atoms with Crippen molar-refractivity contribution < 1.29 is 13.2 Å². The molecule has 0 saturated heterocycles. The number of anilines is 1. The highest BCUT2D eigenvalue weighted by atomic mass is 19.2. The van der Waals surface area contributed by atoms with Crippen molar-refractivity contribution in [1.29, 1.82) is 5.26 Å². The molecule has 2 aromatic rings. The third-order valence-corrected chi connectivity index (χ3v) is 2.42. The number of halogens is 3. The van der Waals surface area contributed by atoms with Crippen LogP contribution in [-0.4, -0.2) is 9.78 Å². The van der Waals surface area contributed by atoms with Gasteiger partial charge < -0.3 is 5.73 Å². The van der Waals surface area contributed by atoms with Crippen LogP contribution >= 0.6 is 0 Å². The zero-order valence-corrected chi connectivity index (χ0v) is 9.21. The standard InChI is InChI=1S/C11H7F3N4/c1-5-7(4-15)11(16)18(17-5)6-2-8(12)10(14)9(13)3-6/h2-3H,16H2,1H3. The van der Waals surface area contributed by atoms with Crippen molar-refractivity contribution in [2.45, 2.75) is 6.92 Å². The van der Waals surface area contributed by atoms with Crippen LogP contribution in [0.15, 0.2) is 12.1 Å². The Kier molecular flexibility index (Phi) is 2.71. The van der Waals surface area contributed by atoms with Gasteiger partial charge in [-0.25, -0.2) is 17.9 Å². The Labute approximate surface area is 100 Å². The normalized spacial score (nSPS) is 10.4. The minimum absolute atomic E-state index is 0.0552. The second kappa shape index (κ2) is 4.07. The third kappa shape index (κ3) is 1.68.